The number of likely N-dealkylation sites (tertiary alicyclic amines) is 1. The second kappa shape index (κ2) is 9.89. The maximum absolute atomic E-state index is 9.73. The zero-order valence-electron chi connectivity index (χ0n) is 19.0. The van der Waals surface area contributed by atoms with E-state index in [0.29, 0.717) is 35.7 Å². The van der Waals surface area contributed by atoms with Crippen molar-refractivity contribution in [3.8, 4) is 12.1 Å². The molecule has 0 radical (unpaired) electrons. The first-order chi connectivity index (χ1) is 16.7. The fourth-order valence-electron chi connectivity index (χ4n) is 4.38. The Morgan fingerprint density at radius 2 is 1.62 bits per heavy atom. The van der Waals surface area contributed by atoms with Crippen LogP contribution >= 0.6 is 0 Å². The van der Waals surface area contributed by atoms with Crippen LogP contribution in [0.15, 0.2) is 54.9 Å². The lowest BCUT2D eigenvalue weighted by atomic mass is 10.1. The summed E-state index contributed by atoms with van der Waals surface area (Å²) in [5.41, 5.74) is 10.6. The minimum atomic E-state index is 0.183. The van der Waals surface area contributed by atoms with Gasteiger partial charge in [-0.25, -0.2) is 0 Å². The number of nitriles is 1. The molecule has 4 aromatic rings. The Kier molecular flexibility index (Phi) is 6.36. The van der Waals surface area contributed by atoms with Crippen LogP contribution in [0.5, 0.6) is 6.01 Å². The molecular weight excluding hydrogens is 426 g/mol. The Morgan fingerprint density at radius 1 is 0.912 bits per heavy atom. The SMILES string of the molecule is N#Cc1cc2c(N)nc(OCc3ccncc3)nc2n1Cc1ccc(CN2CCCCC2)cc1. The Morgan fingerprint density at radius 3 is 2.32 bits per heavy atom. The molecule has 1 saturated heterocycles. The number of piperidine rings is 1. The predicted molar refractivity (Wildman–Crippen MR) is 130 cm³/mol. The van der Waals surface area contributed by atoms with Crippen molar-refractivity contribution in [1.29, 1.82) is 5.26 Å². The van der Waals surface area contributed by atoms with E-state index in [0.717, 1.165) is 17.7 Å². The first-order valence-electron chi connectivity index (χ1n) is 11.6. The molecule has 1 aliphatic rings. The molecule has 1 aromatic carbocycles. The zero-order chi connectivity index (χ0) is 23.3. The van der Waals surface area contributed by atoms with Gasteiger partial charge >= 0.3 is 6.01 Å². The average molecular weight is 454 g/mol. The molecule has 0 amide bonds. The number of nitrogen functional groups attached to an aromatic ring is 1. The van der Waals surface area contributed by atoms with Crippen LogP contribution in [0, 0.1) is 11.3 Å². The number of ether oxygens (including phenoxy) is 1. The summed E-state index contributed by atoms with van der Waals surface area (Å²) in [6.45, 7) is 4.15. The summed E-state index contributed by atoms with van der Waals surface area (Å²) < 4.78 is 7.65. The first-order valence-corrected chi connectivity index (χ1v) is 11.6. The highest BCUT2D eigenvalue weighted by molar-refractivity contribution is 5.88. The number of rotatable bonds is 7. The van der Waals surface area contributed by atoms with Crippen LogP contribution in [0.4, 0.5) is 5.82 Å². The number of benzene rings is 1. The fraction of sp³-hybridized carbons (Fsp3) is 0.308. The van der Waals surface area contributed by atoms with Gasteiger partial charge in [-0.05, 0) is 60.8 Å². The summed E-state index contributed by atoms with van der Waals surface area (Å²) in [6.07, 6.45) is 7.33. The van der Waals surface area contributed by atoms with Gasteiger partial charge in [-0.2, -0.15) is 15.2 Å². The molecule has 1 fully saturated rings. The van der Waals surface area contributed by atoms with Gasteiger partial charge in [0.15, 0.2) is 5.65 Å². The topological polar surface area (TPSA) is 106 Å². The van der Waals surface area contributed by atoms with Crippen molar-refractivity contribution in [2.24, 2.45) is 0 Å². The molecule has 0 spiro atoms. The van der Waals surface area contributed by atoms with E-state index in [2.05, 4.69) is 50.2 Å². The van der Waals surface area contributed by atoms with Gasteiger partial charge in [0.05, 0.1) is 11.9 Å². The molecule has 5 rings (SSSR count). The van der Waals surface area contributed by atoms with Gasteiger partial charge in [0.25, 0.3) is 0 Å². The van der Waals surface area contributed by atoms with E-state index in [4.69, 9.17) is 10.5 Å². The Bertz CT molecular complexity index is 1300. The molecule has 0 saturated carbocycles. The molecule has 3 aromatic heterocycles. The van der Waals surface area contributed by atoms with Crippen LogP contribution in [-0.2, 0) is 19.7 Å². The highest BCUT2D eigenvalue weighted by atomic mass is 16.5. The van der Waals surface area contributed by atoms with E-state index in [1.54, 1.807) is 18.5 Å². The molecular formula is C26H27N7O. The Balaban J connectivity index is 1.37. The third-order valence-corrected chi connectivity index (χ3v) is 6.21. The normalized spacial score (nSPS) is 14.2. The first kappa shape index (κ1) is 21.9. The van der Waals surface area contributed by atoms with Gasteiger partial charge in [-0.15, -0.1) is 0 Å². The number of hydrogen-bond donors (Lipinski definition) is 1. The molecule has 0 bridgehead atoms. The van der Waals surface area contributed by atoms with E-state index in [1.165, 1.54) is 37.9 Å². The van der Waals surface area contributed by atoms with Crippen molar-refractivity contribution in [3.63, 3.8) is 0 Å². The number of nitrogens with two attached hydrogens (primary N) is 1. The number of pyridine rings is 1. The number of fused-ring (bicyclic) bond motifs is 1. The maximum atomic E-state index is 9.73. The quantitative estimate of drug-likeness (QED) is 0.452. The monoisotopic (exact) mass is 453 g/mol. The molecule has 8 heteroatoms. The summed E-state index contributed by atoms with van der Waals surface area (Å²) in [5, 5.41) is 10.4. The van der Waals surface area contributed by atoms with Crippen molar-refractivity contribution >= 4 is 16.9 Å². The smallest absolute Gasteiger partial charge is 0.320 e. The van der Waals surface area contributed by atoms with Gasteiger partial charge < -0.3 is 15.0 Å². The molecule has 0 unspecified atom stereocenters. The van der Waals surface area contributed by atoms with Gasteiger partial charge in [0.2, 0.25) is 0 Å². The van der Waals surface area contributed by atoms with Crippen LogP contribution in [-0.4, -0.2) is 37.5 Å². The molecule has 4 heterocycles. The van der Waals surface area contributed by atoms with E-state index in [9.17, 15) is 5.26 Å². The maximum Gasteiger partial charge on any atom is 0.320 e. The largest absolute Gasteiger partial charge is 0.458 e. The summed E-state index contributed by atoms with van der Waals surface area (Å²) in [5.74, 6) is 0.293. The van der Waals surface area contributed by atoms with Gasteiger partial charge in [0, 0.05) is 18.9 Å². The Hall–Kier alpha value is -3.96. The second-order valence-electron chi connectivity index (χ2n) is 8.65. The van der Waals surface area contributed by atoms with E-state index < -0.39 is 0 Å². The van der Waals surface area contributed by atoms with Gasteiger partial charge in [-0.1, -0.05) is 30.7 Å². The van der Waals surface area contributed by atoms with Crippen LogP contribution in [0.3, 0.4) is 0 Å². The lowest BCUT2D eigenvalue weighted by Crippen LogP contribution is -2.29. The van der Waals surface area contributed by atoms with Crippen molar-refractivity contribution in [3.05, 3.63) is 77.2 Å². The summed E-state index contributed by atoms with van der Waals surface area (Å²) in [7, 11) is 0. The van der Waals surface area contributed by atoms with E-state index >= 15 is 0 Å². The van der Waals surface area contributed by atoms with Crippen molar-refractivity contribution in [1.82, 2.24) is 24.4 Å². The third kappa shape index (κ3) is 4.85. The van der Waals surface area contributed by atoms with Crippen LogP contribution in [0.1, 0.15) is 41.6 Å². The highest BCUT2D eigenvalue weighted by Crippen LogP contribution is 2.26. The van der Waals surface area contributed by atoms with Gasteiger partial charge in [0.1, 0.15) is 24.2 Å². The highest BCUT2D eigenvalue weighted by Gasteiger charge is 2.16. The minimum absolute atomic E-state index is 0.183. The summed E-state index contributed by atoms with van der Waals surface area (Å²) in [6, 6.07) is 16.5. The molecule has 0 atom stereocenters. The summed E-state index contributed by atoms with van der Waals surface area (Å²) in [4.78, 5) is 15.4. The molecule has 0 aliphatic carbocycles. The second-order valence-corrected chi connectivity index (χ2v) is 8.65. The molecule has 1 aliphatic heterocycles. The molecule has 34 heavy (non-hydrogen) atoms. The number of hydrogen-bond acceptors (Lipinski definition) is 7. The van der Waals surface area contributed by atoms with Crippen LogP contribution in [0.25, 0.3) is 11.0 Å². The van der Waals surface area contributed by atoms with Gasteiger partial charge in [-0.3, -0.25) is 9.88 Å². The Labute approximate surface area is 198 Å². The lowest BCUT2D eigenvalue weighted by molar-refractivity contribution is 0.221. The summed E-state index contributed by atoms with van der Waals surface area (Å²) >= 11 is 0. The third-order valence-electron chi connectivity index (χ3n) is 6.21. The number of anilines is 1. The van der Waals surface area contributed by atoms with Crippen molar-refractivity contribution in [2.45, 2.75) is 39.0 Å². The van der Waals surface area contributed by atoms with E-state index in [-0.39, 0.29) is 6.01 Å². The minimum Gasteiger partial charge on any atom is -0.458 e. The predicted octanol–water partition coefficient (Wildman–Crippen LogP) is 3.89. The lowest BCUT2D eigenvalue weighted by Gasteiger charge is -2.26. The standard InChI is InChI=1S/C26H27N7O/c27-15-22-14-23-24(28)30-26(34-18-21-8-10-29-11-9-21)31-25(23)33(22)17-20-6-4-19(5-7-20)16-32-12-2-1-3-13-32/h4-11,14H,1-3,12-13,16-18H2,(H2,28,30,31). The molecule has 172 valence electrons. The molecule has 2 N–H and O–H groups in total. The van der Waals surface area contributed by atoms with Crippen molar-refractivity contribution < 1.29 is 4.74 Å². The van der Waals surface area contributed by atoms with Crippen LogP contribution in [0.2, 0.25) is 0 Å². The van der Waals surface area contributed by atoms with Crippen LogP contribution < -0.4 is 10.5 Å². The zero-order valence-corrected chi connectivity index (χ0v) is 19.0. The average Bonchev–Trinajstić information content (AvgIpc) is 3.23. The number of nitrogens with zero attached hydrogens (tertiary/aromatic N) is 6. The number of aromatic nitrogens is 4. The van der Waals surface area contributed by atoms with Crippen molar-refractivity contribution in [2.75, 3.05) is 18.8 Å². The van der Waals surface area contributed by atoms with E-state index in [1.807, 2.05) is 16.7 Å². The fourth-order valence-corrected chi connectivity index (χ4v) is 4.38. The molecule has 8 nitrogen and oxygen atoms in total.